The molecule has 0 aliphatic heterocycles. The molecule has 0 spiro atoms. The van der Waals surface area contributed by atoms with Gasteiger partial charge in [-0.3, -0.25) is 4.79 Å². The van der Waals surface area contributed by atoms with Crippen LogP contribution >= 0.6 is 0 Å². The Bertz CT molecular complexity index is 597. The van der Waals surface area contributed by atoms with Gasteiger partial charge < -0.3 is 14.8 Å². The van der Waals surface area contributed by atoms with Crippen molar-refractivity contribution in [1.82, 2.24) is 5.32 Å². The topological polar surface area (TPSA) is 64.6 Å². The standard InChI is InChI=1S/C40H79NO4/c1-3-5-7-9-11-13-15-16-17-18-22-26-30-34-38-45-40(43)41-36-32-28-24-20-19-23-27-31-35-39(42)44-37-33-29-25-21-14-12-10-8-6-4-2/h3-38H2,1-2H3,(H,41,43). The third-order valence-corrected chi connectivity index (χ3v) is 9.07. The summed E-state index contributed by atoms with van der Waals surface area (Å²) < 4.78 is 10.7. The molecule has 0 aromatic heterocycles. The molecule has 0 aliphatic carbocycles. The van der Waals surface area contributed by atoms with E-state index >= 15 is 0 Å². The van der Waals surface area contributed by atoms with Gasteiger partial charge in [-0.1, -0.05) is 194 Å². The van der Waals surface area contributed by atoms with Crippen molar-refractivity contribution in [3.8, 4) is 0 Å². The summed E-state index contributed by atoms with van der Waals surface area (Å²) in [6.45, 7) is 6.39. The van der Waals surface area contributed by atoms with Gasteiger partial charge in [0.05, 0.1) is 13.2 Å². The van der Waals surface area contributed by atoms with Crippen LogP contribution in [0.4, 0.5) is 4.79 Å². The number of alkyl carbamates (subject to hydrolysis) is 1. The Balaban J connectivity index is 3.22. The molecule has 0 saturated carbocycles. The molecular weight excluding hydrogens is 558 g/mol. The minimum Gasteiger partial charge on any atom is -0.466 e. The minimum atomic E-state index is -0.258. The van der Waals surface area contributed by atoms with Crippen LogP contribution in [0.3, 0.4) is 0 Å². The number of carbonyl (C=O) groups excluding carboxylic acids is 2. The summed E-state index contributed by atoms with van der Waals surface area (Å²) in [7, 11) is 0. The Morgan fingerprint density at radius 2 is 0.689 bits per heavy atom. The largest absolute Gasteiger partial charge is 0.466 e. The molecule has 0 atom stereocenters. The number of carbonyl (C=O) groups is 2. The van der Waals surface area contributed by atoms with Crippen LogP contribution in [-0.2, 0) is 14.3 Å². The normalized spacial score (nSPS) is 11.2. The van der Waals surface area contributed by atoms with Crippen LogP contribution in [0.1, 0.15) is 226 Å². The van der Waals surface area contributed by atoms with Crippen molar-refractivity contribution >= 4 is 12.1 Å². The van der Waals surface area contributed by atoms with Gasteiger partial charge in [0.1, 0.15) is 0 Å². The summed E-state index contributed by atoms with van der Waals surface area (Å²) in [4.78, 5) is 23.8. The molecule has 268 valence electrons. The first kappa shape index (κ1) is 43.7. The molecule has 0 rings (SSSR count). The smallest absolute Gasteiger partial charge is 0.407 e. The molecule has 0 unspecified atom stereocenters. The van der Waals surface area contributed by atoms with Crippen molar-refractivity contribution in [3.05, 3.63) is 0 Å². The monoisotopic (exact) mass is 638 g/mol. The fourth-order valence-corrected chi connectivity index (χ4v) is 6.01. The van der Waals surface area contributed by atoms with E-state index in [9.17, 15) is 9.59 Å². The van der Waals surface area contributed by atoms with Gasteiger partial charge in [0.15, 0.2) is 0 Å². The lowest BCUT2D eigenvalue weighted by molar-refractivity contribution is -0.143. The second-order valence-electron chi connectivity index (χ2n) is 13.6. The Labute approximate surface area is 281 Å². The number of rotatable bonds is 37. The van der Waals surface area contributed by atoms with Gasteiger partial charge in [-0.25, -0.2) is 4.79 Å². The average molecular weight is 638 g/mol. The van der Waals surface area contributed by atoms with Gasteiger partial charge in [0.2, 0.25) is 0 Å². The molecule has 0 saturated heterocycles. The minimum absolute atomic E-state index is 0.0171. The maximum Gasteiger partial charge on any atom is 0.407 e. The SMILES string of the molecule is CCCCCCCCCCCCCCCCOC(=O)NCCCCCCCCCCC(=O)OCCCCCCCCCCCC. The zero-order chi connectivity index (χ0) is 32.7. The van der Waals surface area contributed by atoms with Crippen molar-refractivity contribution in [2.75, 3.05) is 19.8 Å². The second-order valence-corrected chi connectivity index (χ2v) is 13.6. The van der Waals surface area contributed by atoms with Crippen LogP contribution in [0, 0.1) is 0 Å². The van der Waals surface area contributed by atoms with Crippen molar-refractivity contribution < 1.29 is 19.1 Å². The van der Waals surface area contributed by atoms with Crippen LogP contribution in [0.5, 0.6) is 0 Å². The predicted octanol–water partition coefficient (Wildman–Crippen LogP) is 13.2. The number of hydrogen-bond acceptors (Lipinski definition) is 4. The quantitative estimate of drug-likeness (QED) is 0.0543. The van der Waals surface area contributed by atoms with Gasteiger partial charge in [0, 0.05) is 13.0 Å². The van der Waals surface area contributed by atoms with E-state index in [0.717, 1.165) is 44.9 Å². The first-order valence-corrected chi connectivity index (χ1v) is 20.3. The summed E-state index contributed by atoms with van der Waals surface area (Å²) in [5, 5.41) is 2.89. The van der Waals surface area contributed by atoms with Crippen molar-refractivity contribution in [2.24, 2.45) is 0 Å². The fourth-order valence-electron chi connectivity index (χ4n) is 6.01. The summed E-state index contributed by atoms with van der Waals surface area (Å²) in [6, 6.07) is 0. The van der Waals surface area contributed by atoms with Crippen molar-refractivity contribution in [2.45, 2.75) is 226 Å². The fraction of sp³-hybridized carbons (Fsp3) is 0.950. The first-order valence-electron chi connectivity index (χ1n) is 20.3. The summed E-state index contributed by atoms with van der Waals surface area (Å²) >= 11 is 0. The van der Waals surface area contributed by atoms with Crippen LogP contribution < -0.4 is 5.32 Å². The number of esters is 1. The van der Waals surface area contributed by atoms with Crippen molar-refractivity contribution in [3.63, 3.8) is 0 Å². The number of amides is 1. The van der Waals surface area contributed by atoms with Crippen LogP contribution in [0.2, 0.25) is 0 Å². The zero-order valence-electron chi connectivity index (χ0n) is 30.6. The molecule has 45 heavy (non-hydrogen) atoms. The van der Waals surface area contributed by atoms with Crippen LogP contribution in [-0.4, -0.2) is 31.8 Å². The third kappa shape index (κ3) is 38.8. The first-order chi connectivity index (χ1) is 22.2. The molecule has 0 aromatic carbocycles. The number of unbranched alkanes of at least 4 members (excludes halogenated alkanes) is 29. The van der Waals surface area contributed by atoms with Gasteiger partial charge in [0.25, 0.3) is 0 Å². The molecule has 5 heteroatoms. The van der Waals surface area contributed by atoms with E-state index < -0.39 is 0 Å². The molecule has 0 heterocycles. The molecule has 1 amide bonds. The lowest BCUT2D eigenvalue weighted by atomic mass is 10.0. The van der Waals surface area contributed by atoms with E-state index in [1.807, 2.05) is 0 Å². The maximum absolute atomic E-state index is 11.9. The van der Waals surface area contributed by atoms with Crippen molar-refractivity contribution in [1.29, 1.82) is 0 Å². The van der Waals surface area contributed by atoms with Gasteiger partial charge >= 0.3 is 12.1 Å². The molecule has 5 nitrogen and oxygen atoms in total. The van der Waals surface area contributed by atoms with E-state index in [1.54, 1.807) is 0 Å². The van der Waals surface area contributed by atoms with E-state index in [4.69, 9.17) is 9.47 Å². The zero-order valence-corrected chi connectivity index (χ0v) is 30.6. The number of hydrogen-bond donors (Lipinski definition) is 1. The Hall–Kier alpha value is -1.26. The van der Waals surface area contributed by atoms with Gasteiger partial charge in [-0.2, -0.15) is 0 Å². The molecule has 0 bridgehead atoms. The lowest BCUT2D eigenvalue weighted by Crippen LogP contribution is -2.25. The summed E-state index contributed by atoms with van der Waals surface area (Å²) in [6.07, 6.45) is 41.1. The van der Waals surface area contributed by atoms with E-state index in [1.165, 1.54) is 161 Å². The maximum atomic E-state index is 11.9. The lowest BCUT2D eigenvalue weighted by Gasteiger charge is -2.07. The highest BCUT2D eigenvalue weighted by atomic mass is 16.5. The second kappa shape index (κ2) is 38.9. The summed E-state index contributed by atoms with van der Waals surface area (Å²) in [5.74, 6) is -0.0171. The Kier molecular flexibility index (Phi) is 37.8. The molecule has 0 radical (unpaired) electrons. The third-order valence-electron chi connectivity index (χ3n) is 9.07. The number of nitrogens with one attached hydrogen (secondary N) is 1. The van der Waals surface area contributed by atoms with E-state index in [2.05, 4.69) is 19.2 Å². The highest BCUT2D eigenvalue weighted by Crippen LogP contribution is 2.14. The average Bonchev–Trinajstić information content (AvgIpc) is 3.04. The van der Waals surface area contributed by atoms with E-state index in [-0.39, 0.29) is 12.1 Å². The highest BCUT2D eigenvalue weighted by molar-refractivity contribution is 5.69. The van der Waals surface area contributed by atoms with Crippen LogP contribution in [0.15, 0.2) is 0 Å². The molecule has 0 aliphatic rings. The highest BCUT2D eigenvalue weighted by Gasteiger charge is 2.04. The Morgan fingerprint density at radius 1 is 0.378 bits per heavy atom. The van der Waals surface area contributed by atoms with E-state index in [0.29, 0.717) is 26.2 Å². The number of ether oxygens (including phenoxy) is 2. The predicted molar refractivity (Wildman–Crippen MR) is 194 cm³/mol. The summed E-state index contributed by atoms with van der Waals surface area (Å²) in [5.41, 5.74) is 0. The van der Waals surface area contributed by atoms with Gasteiger partial charge in [-0.15, -0.1) is 0 Å². The van der Waals surface area contributed by atoms with Crippen LogP contribution in [0.25, 0.3) is 0 Å². The molecule has 0 aromatic rings. The molecule has 1 N–H and O–H groups in total. The molecule has 0 fully saturated rings. The molecular formula is C40H79NO4. The van der Waals surface area contributed by atoms with Gasteiger partial charge in [-0.05, 0) is 25.7 Å². The Morgan fingerprint density at radius 3 is 1.09 bits per heavy atom.